The summed E-state index contributed by atoms with van der Waals surface area (Å²) < 4.78 is 46.0. The first-order valence-electron chi connectivity index (χ1n) is 8.90. The number of amides is 1. The Morgan fingerprint density at radius 3 is 2.55 bits per heavy atom. The van der Waals surface area contributed by atoms with Crippen LogP contribution < -0.4 is 15.5 Å². The first kappa shape index (κ1) is 20.4. The number of halogens is 3. The number of para-hydroxylation sites is 1. The van der Waals surface area contributed by atoms with E-state index < -0.39 is 23.1 Å². The van der Waals surface area contributed by atoms with Crippen molar-refractivity contribution in [3.8, 4) is 5.75 Å². The van der Waals surface area contributed by atoms with Crippen LogP contribution in [-0.2, 0) is 19.3 Å². The lowest BCUT2D eigenvalue weighted by Crippen LogP contribution is -2.29. The molecule has 0 atom stereocenters. The van der Waals surface area contributed by atoms with Gasteiger partial charge in [0, 0.05) is 30.2 Å². The van der Waals surface area contributed by atoms with Crippen LogP contribution in [-0.4, -0.2) is 17.6 Å². The van der Waals surface area contributed by atoms with Gasteiger partial charge >= 0.3 is 6.18 Å². The fraction of sp³-hybridized carbons (Fsp3) is 0.238. The second-order valence-corrected chi connectivity index (χ2v) is 6.38. The van der Waals surface area contributed by atoms with Gasteiger partial charge in [0.05, 0.1) is 18.2 Å². The number of nitrogens with zero attached hydrogens (tertiary/aromatic N) is 1. The van der Waals surface area contributed by atoms with E-state index in [2.05, 4.69) is 5.32 Å². The smallest absolute Gasteiger partial charge is 0.416 e. The zero-order valence-electron chi connectivity index (χ0n) is 15.8. The SMILES string of the molecule is CCn1cc(C(=O)NCc2ccccc2OC)c(=O)c2cc(C(F)(F)F)ccc21. The molecule has 0 aliphatic heterocycles. The van der Waals surface area contributed by atoms with Gasteiger partial charge in [-0.05, 0) is 31.2 Å². The minimum Gasteiger partial charge on any atom is -0.496 e. The van der Waals surface area contributed by atoms with Gasteiger partial charge in [0.2, 0.25) is 5.43 Å². The van der Waals surface area contributed by atoms with Crippen molar-refractivity contribution in [2.45, 2.75) is 26.2 Å². The number of nitrogens with one attached hydrogen (secondary N) is 1. The van der Waals surface area contributed by atoms with E-state index in [1.165, 1.54) is 19.4 Å². The van der Waals surface area contributed by atoms with E-state index in [1.807, 2.05) is 0 Å². The van der Waals surface area contributed by atoms with Crippen LogP contribution in [0.5, 0.6) is 5.75 Å². The van der Waals surface area contributed by atoms with Crippen LogP contribution in [0.2, 0.25) is 0 Å². The number of methoxy groups -OCH3 is 1. The Hall–Kier alpha value is -3.29. The van der Waals surface area contributed by atoms with Crippen LogP contribution in [0.15, 0.2) is 53.5 Å². The summed E-state index contributed by atoms with van der Waals surface area (Å²) in [7, 11) is 1.50. The van der Waals surface area contributed by atoms with Crippen molar-refractivity contribution < 1.29 is 22.7 Å². The summed E-state index contributed by atoms with van der Waals surface area (Å²) in [6, 6.07) is 10.0. The summed E-state index contributed by atoms with van der Waals surface area (Å²) in [5, 5.41) is 2.49. The summed E-state index contributed by atoms with van der Waals surface area (Å²) in [6.45, 7) is 2.27. The van der Waals surface area contributed by atoms with Crippen molar-refractivity contribution in [1.29, 1.82) is 0 Å². The molecule has 0 aliphatic rings. The Balaban J connectivity index is 2.01. The molecule has 1 N–H and O–H groups in total. The molecule has 3 rings (SSSR count). The van der Waals surface area contributed by atoms with Gasteiger partial charge in [-0.25, -0.2) is 0 Å². The average molecular weight is 404 g/mol. The summed E-state index contributed by atoms with van der Waals surface area (Å²) in [5.74, 6) is -0.0884. The number of carbonyl (C=O) groups is 1. The summed E-state index contributed by atoms with van der Waals surface area (Å²) in [5.41, 5.74) is -0.843. The number of alkyl halides is 3. The van der Waals surface area contributed by atoms with Crippen LogP contribution in [0.25, 0.3) is 10.9 Å². The van der Waals surface area contributed by atoms with Crippen molar-refractivity contribution in [3.63, 3.8) is 0 Å². The second-order valence-electron chi connectivity index (χ2n) is 6.38. The monoisotopic (exact) mass is 404 g/mol. The minimum atomic E-state index is -4.58. The van der Waals surface area contributed by atoms with Crippen LogP contribution in [0, 0.1) is 0 Å². The van der Waals surface area contributed by atoms with Gasteiger partial charge in [0.25, 0.3) is 5.91 Å². The summed E-state index contributed by atoms with van der Waals surface area (Å²) in [6.07, 6.45) is -3.21. The van der Waals surface area contributed by atoms with Crippen LogP contribution in [0.4, 0.5) is 13.2 Å². The number of carbonyl (C=O) groups excluding carboxylic acids is 1. The van der Waals surface area contributed by atoms with Gasteiger partial charge < -0.3 is 14.6 Å². The van der Waals surface area contributed by atoms with Gasteiger partial charge in [0.15, 0.2) is 0 Å². The average Bonchev–Trinajstić information content (AvgIpc) is 2.71. The highest BCUT2D eigenvalue weighted by molar-refractivity contribution is 5.97. The highest BCUT2D eigenvalue weighted by Gasteiger charge is 2.31. The summed E-state index contributed by atoms with van der Waals surface area (Å²) in [4.78, 5) is 25.4. The lowest BCUT2D eigenvalue weighted by atomic mass is 10.1. The standard InChI is InChI=1S/C21H19F3N2O3/c1-3-26-12-16(20(28)25-11-13-6-4-5-7-18(13)29-2)19(27)15-10-14(21(22,23)24)8-9-17(15)26/h4-10,12H,3,11H2,1-2H3,(H,25,28). The molecule has 0 radical (unpaired) electrons. The Bertz CT molecular complexity index is 1120. The number of hydrogen-bond donors (Lipinski definition) is 1. The quantitative estimate of drug-likeness (QED) is 0.700. The predicted octanol–water partition coefficient (Wildman–Crippen LogP) is 3.98. The Labute approximate surface area is 164 Å². The molecule has 0 unspecified atom stereocenters. The third-order valence-electron chi connectivity index (χ3n) is 4.62. The fourth-order valence-corrected chi connectivity index (χ4v) is 3.12. The number of pyridine rings is 1. The largest absolute Gasteiger partial charge is 0.496 e. The highest BCUT2D eigenvalue weighted by atomic mass is 19.4. The number of hydrogen-bond acceptors (Lipinski definition) is 3. The normalized spacial score (nSPS) is 11.5. The lowest BCUT2D eigenvalue weighted by molar-refractivity contribution is -0.137. The van der Waals surface area contributed by atoms with Gasteiger partial charge in [-0.2, -0.15) is 13.2 Å². The maximum atomic E-state index is 13.1. The molecule has 0 bridgehead atoms. The number of benzene rings is 2. The van der Waals surface area contributed by atoms with Crippen molar-refractivity contribution in [2.75, 3.05) is 7.11 Å². The Kier molecular flexibility index (Phi) is 5.63. The van der Waals surface area contributed by atoms with Crippen molar-refractivity contribution >= 4 is 16.8 Å². The minimum absolute atomic E-state index is 0.106. The molecule has 152 valence electrons. The second kappa shape index (κ2) is 7.98. The molecular weight excluding hydrogens is 385 g/mol. The van der Waals surface area contributed by atoms with E-state index in [0.717, 1.165) is 12.1 Å². The van der Waals surface area contributed by atoms with E-state index in [1.54, 1.807) is 35.8 Å². The molecule has 0 saturated heterocycles. The van der Waals surface area contributed by atoms with Crippen LogP contribution in [0.3, 0.4) is 0 Å². The topological polar surface area (TPSA) is 60.3 Å². The molecule has 1 aromatic heterocycles. The number of aryl methyl sites for hydroxylation is 1. The number of rotatable bonds is 5. The lowest BCUT2D eigenvalue weighted by Gasteiger charge is -2.14. The Morgan fingerprint density at radius 2 is 1.90 bits per heavy atom. The van der Waals surface area contributed by atoms with E-state index in [-0.39, 0.29) is 17.5 Å². The molecule has 8 heteroatoms. The van der Waals surface area contributed by atoms with Gasteiger partial charge in [0.1, 0.15) is 11.3 Å². The van der Waals surface area contributed by atoms with Gasteiger partial charge in [-0.3, -0.25) is 9.59 Å². The zero-order chi connectivity index (χ0) is 21.2. The van der Waals surface area contributed by atoms with Gasteiger partial charge in [-0.15, -0.1) is 0 Å². The highest BCUT2D eigenvalue weighted by Crippen LogP contribution is 2.30. The van der Waals surface area contributed by atoms with Gasteiger partial charge in [-0.1, -0.05) is 18.2 Å². The van der Waals surface area contributed by atoms with E-state index in [4.69, 9.17) is 4.74 Å². The van der Waals surface area contributed by atoms with E-state index in [9.17, 15) is 22.8 Å². The number of ether oxygens (including phenoxy) is 1. The molecular formula is C21H19F3N2O3. The van der Waals surface area contributed by atoms with Crippen molar-refractivity contribution in [1.82, 2.24) is 9.88 Å². The molecule has 1 amide bonds. The maximum absolute atomic E-state index is 13.1. The van der Waals surface area contributed by atoms with E-state index in [0.29, 0.717) is 23.4 Å². The maximum Gasteiger partial charge on any atom is 0.416 e. The summed E-state index contributed by atoms with van der Waals surface area (Å²) >= 11 is 0. The molecule has 5 nitrogen and oxygen atoms in total. The van der Waals surface area contributed by atoms with Crippen LogP contribution in [0.1, 0.15) is 28.4 Å². The molecule has 0 spiro atoms. The molecule has 1 heterocycles. The molecule has 29 heavy (non-hydrogen) atoms. The number of aromatic nitrogens is 1. The first-order chi connectivity index (χ1) is 13.8. The van der Waals surface area contributed by atoms with Crippen molar-refractivity contribution in [3.05, 3.63) is 75.6 Å². The Morgan fingerprint density at radius 1 is 1.17 bits per heavy atom. The zero-order valence-corrected chi connectivity index (χ0v) is 15.8. The van der Waals surface area contributed by atoms with E-state index >= 15 is 0 Å². The van der Waals surface area contributed by atoms with Crippen LogP contribution >= 0.6 is 0 Å². The third-order valence-corrected chi connectivity index (χ3v) is 4.62. The molecule has 3 aromatic rings. The number of fused-ring (bicyclic) bond motifs is 1. The fourth-order valence-electron chi connectivity index (χ4n) is 3.12. The molecule has 0 fully saturated rings. The third kappa shape index (κ3) is 4.11. The molecule has 2 aromatic carbocycles. The predicted molar refractivity (Wildman–Crippen MR) is 103 cm³/mol. The first-order valence-corrected chi connectivity index (χ1v) is 8.90. The molecule has 0 saturated carbocycles. The molecule has 0 aliphatic carbocycles. The van der Waals surface area contributed by atoms with Crippen molar-refractivity contribution in [2.24, 2.45) is 0 Å².